The first-order valence-electron chi connectivity index (χ1n) is 10.0. The van der Waals surface area contributed by atoms with Crippen LogP contribution in [0, 0.1) is 5.82 Å². The molecule has 154 valence electrons. The van der Waals surface area contributed by atoms with Crippen LogP contribution in [0.1, 0.15) is 68.4 Å². The number of carbonyl (C=O) groups excluding carboxylic acids is 1. The van der Waals surface area contributed by atoms with Crippen LogP contribution in [0.15, 0.2) is 42.5 Å². The van der Waals surface area contributed by atoms with E-state index in [0.717, 1.165) is 22.3 Å². The van der Waals surface area contributed by atoms with Gasteiger partial charge >= 0.3 is 5.97 Å². The molecule has 1 aliphatic carbocycles. The number of hydrogen-bond acceptors (Lipinski definition) is 4. The molecule has 2 aromatic carbocycles. The van der Waals surface area contributed by atoms with Gasteiger partial charge in [0.05, 0.1) is 12.2 Å². The molecule has 0 amide bonds. The van der Waals surface area contributed by atoms with Crippen LogP contribution in [0.25, 0.3) is 0 Å². The second-order valence-corrected chi connectivity index (χ2v) is 8.80. The Morgan fingerprint density at radius 2 is 1.86 bits per heavy atom. The number of esters is 1. The molecule has 2 aromatic rings. The van der Waals surface area contributed by atoms with Crippen molar-refractivity contribution >= 4 is 5.97 Å². The SMILES string of the molecule is CC(=O)O[C@H]1c2cc(F)ccc2Cc2ccccc2[C@H]1C[C@@]1(C)COC(C)(C)O1. The van der Waals surface area contributed by atoms with Crippen LogP contribution >= 0.6 is 0 Å². The molecule has 4 rings (SSSR count). The summed E-state index contributed by atoms with van der Waals surface area (Å²) in [7, 11) is 0. The average Bonchev–Trinajstić information content (AvgIpc) is 2.86. The quantitative estimate of drug-likeness (QED) is 0.679. The summed E-state index contributed by atoms with van der Waals surface area (Å²) in [6.07, 6.45) is 0.659. The minimum Gasteiger partial charge on any atom is -0.457 e. The monoisotopic (exact) mass is 398 g/mol. The first-order valence-corrected chi connectivity index (χ1v) is 10.0. The molecule has 1 heterocycles. The highest BCUT2D eigenvalue weighted by Crippen LogP contribution is 2.48. The first-order chi connectivity index (χ1) is 13.7. The molecule has 0 saturated carbocycles. The van der Waals surface area contributed by atoms with E-state index in [4.69, 9.17) is 14.2 Å². The Morgan fingerprint density at radius 1 is 1.14 bits per heavy atom. The van der Waals surface area contributed by atoms with Crippen molar-refractivity contribution in [3.63, 3.8) is 0 Å². The second-order valence-electron chi connectivity index (χ2n) is 8.80. The van der Waals surface area contributed by atoms with Gasteiger partial charge in [0.25, 0.3) is 0 Å². The van der Waals surface area contributed by atoms with Crippen LogP contribution in [0.2, 0.25) is 0 Å². The van der Waals surface area contributed by atoms with E-state index in [1.807, 2.05) is 32.9 Å². The van der Waals surface area contributed by atoms with E-state index < -0.39 is 17.5 Å². The standard InChI is InChI=1S/C24H27FO4/c1-15(26)28-22-20-12-18(25)10-9-17(20)11-16-7-5-6-8-19(16)21(22)13-24(4)14-27-23(2,3)29-24/h5-10,12,21-22H,11,13-14H2,1-4H3/t21-,22+,24+/m1/s1. The molecular formula is C24H27FO4. The lowest BCUT2D eigenvalue weighted by Gasteiger charge is -2.34. The lowest BCUT2D eigenvalue weighted by Crippen LogP contribution is -2.34. The van der Waals surface area contributed by atoms with Gasteiger partial charge in [-0.3, -0.25) is 4.79 Å². The number of rotatable bonds is 3. The molecule has 1 aliphatic heterocycles. The summed E-state index contributed by atoms with van der Waals surface area (Å²) in [5.41, 5.74) is 3.41. The number of hydrogen-bond donors (Lipinski definition) is 0. The maximum atomic E-state index is 14.2. The second kappa shape index (κ2) is 7.22. The molecule has 4 nitrogen and oxygen atoms in total. The molecule has 1 fully saturated rings. The highest BCUT2D eigenvalue weighted by Gasteiger charge is 2.46. The van der Waals surface area contributed by atoms with Crippen LogP contribution in [0.3, 0.4) is 0 Å². The molecule has 5 heteroatoms. The predicted molar refractivity (Wildman–Crippen MR) is 107 cm³/mol. The Balaban J connectivity index is 1.83. The fourth-order valence-corrected chi connectivity index (χ4v) is 4.72. The van der Waals surface area contributed by atoms with Crippen molar-refractivity contribution in [2.75, 3.05) is 6.61 Å². The zero-order chi connectivity index (χ0) is 20.8. The molecule has 0 spiro atoms. The predicted octanol–water partition coefficient (Wildman–Crippen LogP) is 5.05. The van der Waals surface area contributed by atoms with E-state index in [9.17, 15) is 9.18 Å². The maximum Gasteiger partial charge on any atom is 0.303 e. The zero-order valence-corrected chi connectivity index (χ0v) is 17.3. The Morgan fingerprint density at radius 3 is 2.55 bits per heavy atom. The van der Waals surface area contributed by atoms with Crippen molar-refractivity contribution in [2.45, 2.75) is 63.9 Å². The first kappa shape index (κ1) is 20.0. The minimum absolute atomic E-state index is 0.180. The number of halogens is 1. The van der Waals surface area contributed by atoms with Crippen molar-refractivity contribution in [2.24, 2.45) is 0 Å². The molecule has 0 aromatic heterocycles. The van der Waals surface area contributed by atoms with Gasteiger partial charge in [-0.15, -0.1) is 0 Å². The Labute approximate surface area is 171 Å². The number of carbonyl (C=O) groups is 1. The van der Waals surface area contributed by atoms with Crippen LogP contribution in [-0.4, -0.2) is 24.0 Å². The number of fused-ring (bicyclic) bond motifs is 2. The molecular weight excluding hydrogens is 371 g/mol. The molecule has 29 heavy (non-hydrogen) atoms. The van der Waals surface area contributed by atoms with E-state index >= 15 is 0 Å². The van der Waals surface area contributed by atoms with Gasteiger partial charge in [0.1, 0.15) is 11.9 Å². The molecule has 0 N–H and O–H groups in total. The zero-order valence-electron chi connectivity index (χ0n) is 17.3. The molecule has 0 unspecified atom stereocenters. The van der Waals surface area contributed by atoms with Gasteiger partial charge in [-0.25, -0.2) is 4.39 Å². The topological polar surface area (TPSA) is 44.8 Å². The molecule has 3 atom stereocenters. The van der Waals surface area contributed by atoms with E-state index in [1.165, 1.54) is 19.1 Å². The minimum atomic E-state index is -0.667. The average molecular weight is 398 g/mol. The summed E-state index contributed by atoms with van der Waals surface area (Å²) in [6, 6.07) is 12.9. The van der Waals surface area contributed by atoms with Crippen LogP contribution < -0.4 is 0 Å². The van der Waals surface area contributed by atoms with Gasteiger partial charge in [0.2, 0.25) is 0 Å². The summed E-state index contributed by atoms with van der Waals surface area (Å²) in [6.45, 7) is 7.65. The van der Waals surface area contributed by atoms with E-state index in [2.05, 4.69) is 12.1 Å². The largest absolute Gasteiger partial charge is 0.457 e. The summed E-state index contributed by atoms with van der Waals surface area (Å²) in [5, 5.41) is 0. The smallest absolute Gasteiger partial charge is 0.303 e. The fraction of sp³-hybridized carbons (Fsp3) is 0.458. The van der Waals surface area contributed by atoms with Crippen LogP contribution in [0.5, 0.6) is 0 Å². The van der Waals surface area contributed by atoms with Gasteiger partial charge in [0.15, 0.2) is 5.79 Å². The molecule has 1 saturated heterocycles. The van der Waals surface area contributed by atoms with Crippen molar-refractivity contribution in [3.05, 3.63) is 70.5 Å². The van der Waals surface area contributed by atoms with Gasteiger partial charge in [-0.05, 0) is 68.0 Å². The highest BCUT2D eigenvalue weighted by atomic mass is 19.1. The Bertz CT molecular complexity index is 938. The number of benzene rings is 2. The van der Waals surface area contributed by atoms with E-state index in [-0.39, 0.29) is 17.7 Å². The highest BCUT2D eigenvalue weighted by molar-refractivity contribution is 5.66. The van der Waals surface area contributed by atoms with Crippen molar-refractivity contribution in [3.8, 4) is 0 Å². The third kappa shape index (κ3) is 4.07. The normalized spacial score (nSPS) is 27.6. The third-order valence-corrected chi connectivity index (χ3v) is 5.78. The van der Waals surface area contributed by atoms with Crippen LogP contribution in [0.4, 0.5) is 4.39 Å². The van der Waals surface area contributed by atoms with E-state index in [1.54, 1.807) is 6.07 Å². The van der Waals surface area contributed by atoms with E-state index in [0.29, 0.717) is 19.4 Å². The summed E-state index contributed by atoms with van der Waals surface area (Å²) in [4.78, 5) is 12.0. The fourth-order valence-electron chi connectivity index (χ4n) is 4.72. The van der Waals surface area contributed by atoms with Crippen LogP contribution in [-0.2, 0) is 25.4 Å². The Hall–Kier alpha value is -2.24. The maximum absolute atomic E-state index is 14.2. The van der Waals surface area contributed by atoms with Crippen molar-refractivity contribution in [1.29, 1.82) is 0 Å². The summed E-state index contributed by atoms with van der Waals surface area (Å²) in [5.74, 6) is -1.57. The lowest BCUT2D eigenvalue weighted by molar-refractivity contribution is -0.164. The van der Waals surface area contributed by atoms with Gasteiger partial charge in [-0.2, -0.15) is 0 Å². The lowest BCUT2D eigenvalue weighted by atomic mass is 9.80. The summed E-state index contributed by atoms with van der Waals surface area (Å²) < 4.78 is 32.1. The third-order valence-electron chi connectivity index (χ3n) is 5.78. The Kier molecular flexibility index (Phi) is 4.99. The van der Waals surface area contributed by atoms with Gasteiger partial charge in [0, 0.05) is 12.8 Å². The van der Waals surface area contributed by atoms with Gasteiger partial charge in [-0.1, -0.05) is 30.3 Å². The molecule has 0 radical (unpaired) electrons. The van der Waals surface area contributed by atoms with Gasteiger partial charge < -0.3 is 14.2 Å². The molecule has 0 bridgehead atoms. The van der Waals surface area contributed by atoms with Crippen molar-refractivity contribution in [1.82, 2.24) is 0 Å². The van der Waals surface area contributed by atoms with Crippen molar-refractivity contribution < 1.29 is 23.4 Å². The number of ether oxygens (including phenoxy) is 3. The summed E-state index contributed by atoms with van der Waals surface area (Å²) >= 11 is 0. The molecule has 2 aliphatic rings.